The number of hydrogen-bond donors (Lipinski definition) is 3. The summed E-state index contributed by atoms with van der Waals surface area (Å²) in [5, 5.41) is 12.3. The second-order valence-electron chi connectivity index (χ2n) is 7.08. The highest BCUT2D eigenvalue weighted by Gasteiger charge is 2.20. The van der Waals surface area contributed by atoms with Crippen molar-refractivity contribution in [1.82, 2.24) is 10.8 Å². The van der Waals surface area contributed by atoms with Gasteiger partial charge < -0.3 is 19.2 Å². The summed E-state index contributed by atoms with van der Waals surface area (Å²) < 4.78 is 17.3. The van der Waals surface area contributed by atoms with E-state index in [9.17, 15) is 9.59 Å². The SMILES string of the molecule is O=C(NO)c1ccc(OCCNC(=O)c2oc3ccccc3c2COc2ccccc2)cc1. The Labute approximate surface area is 189 Å². The number of carbonyl (C=O) groups excluding carboxylic acids is 2. The van der Waals surface area contributed by atoms with E-state index in [1.807, 2.05) is 54.6 Å². The third-order valence-electron chi connectivity index (χ3n) is 4.91. The van der Waals surface area contributed by atoms with Crippen molar-refractivity contribution in [2.75, 3.05) is 13.2 Å². The minimum Gasteiger partial charge on any atom is -0.492 e. The van der Waals surface area contributed by atoms with Gasteiger partial charge in [-0.1, -0.05) is 36.4 Å². The summed E-state index contributed by atoms with van der Waals surface area (Å²) in [4.78, 5) is 24.2. The van der Waals surface area contributed by atoms with Crippen molar-refractivity contribution in [2.45, 2.75) is 6.61 Å². The molecule has 1 aromatic heterocycles. The van der Waals surface area contributed by atoms with Crippen LogP contribution in [-0.2, 0) is 6.61 Å². The van der Waals surface area contributed by atoms with E-state index in [1.54, 1.807) is 17.6 Å². The Kier molecular flexibility index (Phi) is 6.87. The Bertz CT molecular complexity index is 1230. The maximum atomic E-state index is 12.8. The third-order valence-corrected chi connectivity index (χ3v) is 4.91. The highest BCUT2D eigenvalue weighted by Crippen LogP contribution is 2.27. The lowest BCUT2D eigenvalue weighted by atomic mass is 10.1. The molecular formula is C25H22N2O6. The van der Waals surface area contributed by atoms with Gasteiger partial charge in [-0.05, 0) is 42.5 Å². The molecule has 0 fully saturated rings. The van der Waals surface area contributed by atoms with Gasteiger partial charge in [-0.25, -0.2) is 5.48 Å². The molecule has 3 N–H and O–H groups in total. The monoisotopic (exact) mass is 446 g/mol. The van der Waals surface area contributed by atoms with Gasteiger partial charge in [0.05, 0.1) is 6.54 Å². The molecule has 3 aromatic carbocycles. The molecule has 0 saturated carbocycles. The summed E-state index contributed by atoms with van der Waals surface area (Å²) in [5.74, 6) is 0.457. The van der Waals surface area contributed by atoms with Crippen LogP contribution in [0.25, 0.3) is 11.0 Å². The Hall–Kier alpha value is -4.30. The minimum absolute atomic E-state index is 0.189. The first-order valence-electron chi connectivity index (χ1n) is 10.3. The lowest BCUT2D eigenvalue weighted by Crippen LogP contribution is -2.28. The number of carbonyl (C=O) groups is 2. The molecule has 1 heterocycles. The first kappa shape index (κ1) is 21.9. The Morgan fingerprint density at radius 1 is 0.818 bits per heavy atom. The second kappa shape index (κ2) is 10.3. The molecule has 0 radical (unpaired) electrons. The van der Waals surface area contributed by atoms with E-state index < -0.39 is 5.91 Å². The zero-order valence-electron chi connectivity index (χ0n) is 17.6. The molecule has 0 atom stereocenters. The zero-order chi connectivity index (χ0) is 23.0. The highest BCUT2D eigenvalue weighted by atomic mass is 16.5. The van der Waals surface area contributed by atoms with Crippen molar-refractivity contribution in [1.29, 1.82) is 0 Å². The van der Waals surface area contributed by atoms with Crippen LogP contribution in [0.3, 0.4) is 0 Å². The number of para-hydroxylation sites is 2. The van der Waals surface area contributed by atoms with Crippen LogP contribution in [0.2, 0.25) is 0 Å². The van der Waals surface area contributed by atoms with E-state index in [-0.39, 0.29) is 31.4 Å². The standard InChI is InChI=1S/C25H22N2O6/c28-24(27-30)17-10-12-19(13-11-17)31-15-14-26-25(29)23-21(16-32-18-6-2-1-3-7-18)20-8-4-5-9-22(20)33-23/h1-13,30H,14-16H2,(H,26,29)(H,27,28). The van der Waals surface area contributed by atoms with Crippen LogP contribution < -0.4 is 20.3 Å². The first-order chi connectivity index (χ1) is 16.2. The fourth-order valence-electron chi connectivity index (χ4n) is 3.28. The van der Waals surface area contributed by atoms with Crippen molar-refractivity contribution in [2.24, 2.45) is 0 Å². The fourth-order valence-corrected chi connectivity index (χ4v) is 3.28. The zero-order valence-corrected chi connectivity index (χ0v) is 17.6. The van der Waals surface area contributed by atoms with Gasteiger partial charge in [0.2, 0.25) is 0 Å². The van der Waals surface area contributed by atoms with Gasteiger partial charge in [0, 0.05) is 16.5 Å². The van der Waals surface area contributed by atoms with E-state index in [4.69, 9.17) is 19.1 Å². The van der Waals surface area contributed by atoms with Crippen molar-refractivity contribution in [3.63, 3.8) is 0 Å². The second-order valence-corrected chi connectivity index (χ2v) is 7.08. The van der Waals surface area contributed by atoms with Gasteiger partial charge >= 0.3 is 0 Å². The number of amides is 2. The number of rotatable bonds is 9. The topological polar surface area (TPSA) is 110 Å². The molecule has 8 nitrogen and oxygen atoms in total. The number of furan rings is 1. The molecule has 168 valence electrons. The van der Waals surface area contributed by atoms with Gasteiger partial charge in [-0.2, -0.15) is 0 Å². The quantitative estimate of drug-likeness (QED) is 0.204. The van der Waals surface area contributed by atoms with Crippen LogP contribution in [0.4, 0.5) is 0 Å². The van der Waals surface area contributed by atoms with E-state index >= 15 is 0 Å². The fraction of sp³-hybridized carbons (Fsp3) is 0.120. The molecule has 0 aliphatic heterocycles. The molecule has 33 heavy (non-hydrogen) atoms. The van der Waals surface area contributed by atoms with E-state index in [1.165, 1.54) is 12.1 Å². The van der Waals surface area contributed by atoms with Gasteiger partial charge in [0.1, 0.15) is 30.3 Å². The van der Waals surface area contributed by atoms with Gasteiger partial charge in [-0.15, -0.1) is 0 Å². The molecule has 0 spiro atoms. The van der Waals surface area contributed by atoms with E-state index in [0.717, 1.165) is 5.39 Å². The molecule has 4 aromatic rings. The summed E-state index contributed by atoms with van der Waals surface area (Å²) in [7, 11) is 0. The van der Waals surface area contributed by atoms with Crippen molar-refractivity contribution >= 4 is 22.8 Å². The predicted octanol–water partition coefficient (Wildman–Crippen LogP) is 3.94. The Morgan fingerprint density at radius 2 is 1.52 bits per heavy atom. The number of fused-ring (bicyclic) bond motifs is 1. The summed E-state index contributed by atoms with van der Waals surface area (Å²) in [5.41, 5.74) is 3.15. The average molecular weight is 446 g/mol. The summed E-state index contributed by atoms with van der Waals surface area (Å²) in [6, 6.07) is 23.0. The molecule has 4 rings (SSSR count). The number of hydrogen-bond acceptors (Lipinski definition) is 6. The highest BCUT2D eigenvalue weighted by molar-refractivity contribution is 5.99. The third kappa shape index (κ3) is 5.31. The first-order valence-corrected chi connectivity index (χ1v) is 10.3. The molecule has 0 bridgehead atoms. The number of hydroxylamine groups is 1. The van der Waals surface area contributed by atoms with Crippen molar-refractivity contribution < 1.29 is 28.7 Å². The van der Waals surface area contributed by atoms with Gasteiger partial charge in [0.15, 0.2) is 5.76 Å². The van der Waals surface area contributed by atoms with Crippen LogP contribution in [0, 0.1) is 0 Å². The summed E-state index contributed by atoms with van der Waals surface area (Å²) in [6.45, 7) is 0.648. The van der Waals surface area contributed by atoms with E-state index in [0.29, 0.717) is 28.2 Å². The number of nitrogens with one attached hydrogen (secondary N) is 2. The largest absolute Gasteiger partial charge is 0.492 e. The summed E-state index contributed by atoms with van der Waals surface area (Å²) >= 11 is 0. The number of benzene rings is 3. The Balaban J connectivity index is 1.38. The predicted molar refractivity (Wildman–Crippen MR) is 121 cm³/mol. The van der Waals surface area contributed by atoms with Crippen molar-refractivity contribution in [3.8, 4) is 11.5 Å². The van der Waals surface area contributed by atoms with Crippen LogP contribution in [0.15, 0.2) is 83.3 Å². The van der Waals surface area contributed by atoms with Crippen molar-refractivity contribution in [3.05, 3.63) is 95.7 Å². The van der Waals surface area contributed by atoms with Gasteiger partial charge in [-0.3, -0.25) is 14.8 Å². The molecule has 0 aliphatic rings. The summed E-state index contributed by atoms with van der Waals surface area (Å²) in [6.07, 6.45) is 0. The minimum atomic E-state index is -0.605. The molecule has 2 amide bonds. The van der Waals surface area contributed by atoms with Crippen LogP contribution in [0.1, 0.15) is 26.5 Å². The normalized spacial score (nSPS) is 10.6. The molecular weight excluding hydrogens is 424 g/mol. The average Bonchev–Trinajstić information content (AvgIpc) is 3.24. The number of ether oxygens (including phenoxy) is 2. The molecule has 0 aliphatic carbocycles. The maximum absolute atomic E-state index is 12.8. The van der Waals surface area contributed by atoms with E-state index in [2.05, 4.69) is 5.32 Å². The van der Waals surface area contributed by atoms with Crippen LogP contribution in [0.5, 0.6) is 11.5 Å². The lowest BCUT2D eigenvalue weighted by Gasteiger charge is -2.09. The lowest BCUT2D eigenvalue weighted by molar-refractivity contribution is 0.0706. The molecule has 8 heteroatoms. The van der Waals surface area contributed by atoms with Crippen LogP contribution >= 0.6 is 0 Å². The Morgan fingerprint density at radius 3 is 2.27 bits per heavy atom. The molecule has 0 unspecified atom stereocenters. The smallest absolute Gasteiger partial charge is 0.287 e. The van der Waals surface area contributed by atoms with Gasteiger partial charge in [0.25, 0.3) is 11.8 Å². The molecule has 0 saturated heterocycles. The maximum Gasteiger partial charge on any atom is 0.287 e. The van der Waals surface area contributed by atoms with Crippen LogP contribution in [-0.4, -0.2) is 30.2 Å².